The fourth-order valence-electron chi connectivity index (χ4n) is 1.96. The van der Waals surface area contributed by atoms with Crippen molar-refractivity contribution in [1.82, 2.24) is 10.3 Å². The van der Waals surface area contributed by atoms with Crippen molar-refractivity contribution >= 4 is 23.2 Å². The summed E-state index contributed by atoms with van der Waals surface area (Å²) in [5.74, 6) is -0.697. The molecule has 8 nitrogen and oxygen atoms in total. The Hall–Kier alpha value is -2.65. The van der Waals surface area contributed by atoms with E-state index < -0.39 is 24.0 Å². The molecule has 0 aliphatic carbocycles. The van der Waals surface area contributed by atoms with E-state index in [0.29, 0.717) is 16.5 Å². The van der Waals surface area contributed by atoms with Crippen LogP contribution in [0.1, 0.15) is 17.4 Å². The third-order valence-electron chi connectivity index (χ3n) is 3.41. The summed E-state index contributed by atoms with van der Waals surface area (Å²) in [6, 6.07) is 5.35. The van der Waals surface area contributed by atoms with Crippen molar-refractivity contribution < 1.29 is 29.3 Å². The van der Waals surface area contributed by atoms with E-state index >= 15 is 0 Å². The summed E-state index contributed by atoms with van der Waals surface area (Å²) in [6.07, 6.45) is 0. The van der Waals surface area contributed by atoms with Gasteiger partial charge in [-0.25, -0.2) is 9.78 Å². The molecular weight excluding hydrogens is 336 g/mol. The minimum atomic E-state index is -2.04. The number of nitrogens with zero attached hydrogens (tertiary/aromatic N) is 1. The Kier molecular flexibility index (Phi) is 4.12. The summed E-state index contributed by atoms with van der Waals surface area (Å²) in [5, 5.41) is 23.0. The third-order valence-corrected chi connectivity index (χ3v) is 4.30. The topological polar surface area (TPSA) is 118 Å². The summed E-state index contributed by atoms with van der Waals surface area (Å²) in [5.41, 5.74) is -1.11. The van der Waals surface area contributed by atoms with Gasteiger partial charge in [-0.2, -0.15) is 0 Å². The summed E-state index contributed by atoms with van der Waals surface area (Å²) in [6.45, 7) is 0.862. The minimum absolute atomic E-state index is 0.147. The molecule has 2 aromatic rings. The number of amides is 1. The number of carboxylic acid groups (broad SMARTS) is 1. The van der Waals surface area contributed by atoms with Crippen LogP contribution < -0.4 is 14.8 Å². The smallest absolute Gasteiger partial charge is 0.337 e. The lowest BCUT2D eigenvalue weighted by Gasteiger charge is -2.17. The lowest BCUT2D eigenvalue weighted by Crippen LogP contribution is -2.46. The molecule has 3 rings (SSSR count). The van der Waals surface area contributed by atoms with Crippen molar-refractivity contribution in [2.45, 2.75) is 12.5 Å². The van der Waals surface area contributed by atoms with Gasteiger partial charge < -0.3 is 25.0 Å². The van der Waals surface area contributed by atoms with Gasteiger partial charge in [0.2, 0.25) is 6.79 Å². The maximum atomic E-state index is 12.0. The maximum Gasteiger partial charge on any atom is 0.337 e. The SMILES string of the molecule is CC(O)(CNC(=O)c1csc(-c2ccc3c(c2)OCO3)n1)C(=O)O. The molecule has 1 unspecified atom stereocenters. The highest BCUT2D eigenvalue weighted by molar-refractivity contribution is 7.13. The van der Waals surface area contributed by atoms with Crippen molar-refractivity contribution in [1.29, 1.82) is 0 Å². The zero-order valence-electron chi connectivity index (χ0n) is 12.6. The molecule has 1 aromatic carbocycles. The zero-order valence-corrected chi connectivity index (χ0v) is 13.4. The lowest BCUT2D eigenvalue weighted by atomic mass is 10.1. The number of thiazole rings is 1. The molecule has 0 bridgehead atoms. The molecule has 1 amide bonds. The molecule has 0 saturated carbocycles. The molecule has 0 saturated heterocycles. The van der Waals surface area contributed by atoms with Gasteiger partial charge in [-0.3, -0.25) is 4.79 Å². The van der Waals surface area contributed by atoms with Crippen LogP contribution in [0.2, 0.25) is 0 Å². The largest absolute Gasteiger partial charge is 0.479 e. The third kappa shape index (κ3) is 3.17. The van der Waals surface area contributed by atoms with Crippen LogP contribution in [0.3, 0.4) is 0 Å². The number of fused-ring (bicyclic) bond motifs is 1. The van der Waals surface area contributed by atoms with E-state index in [1.54, 1.807) is 17.5 Å². The van der Waals surface area contributed by atoms with Gasteiger partial charge in [-0.1, -0.05) is 0 Å². The zero-order chi connectivity index (χ0) is 17.3. The number of carboxylic acids is 1. The van der Waals surface area contributed by atoms with Crippen LogP contribution >= 0.6 is 11.3 Å². The maximum absolute atomic E-state index is 12.0. The number of carbonyl (C=O) groups excluding carboxylic acids is 1. The average molecular weight is 350 g/mol. The fraction of sp³-hybridized carbons (Fsp3) is 0.267. The second-order valence-electron chi connectivity index (χ2n) is 5.37. The summed E-state index contributed by atoms with van der Waals surface area (Å²) in [4.78, 5) is 27.1. The minimum Gasteiger partial charge on any atom is -0.479 e. The molecule has 24 heavy (non-hydrogen) atoms. The number of carbonyl (C=O) groups is 2. The first-order valence-corrected chi connectivity index (χ1v) is 7.84. The van der Waals surface area contributed by atoms with Gasteiger partial charge in [0.1, 0.15) is 10.7 Å². The molecular formula is C15H14N2O6S. The summed E-state index contributed by atoms with van der Waals surface area (Å²) >= 11 is 1.27. The Bertz CT molecular complexity index is 801. The van der Waals surface area contributed by atoms with Crippen LogP contribution in [0.25, 0.3) is 10.6 Å². The number of hydrogen-bond donors (Lipinski definition) is 3. The molecule has 126 valence electrons. The van der Waals surface area contributed by atoms with Gasteiger partial charge in [-0.15, -0.1) is 11.3 Å². The van der Waals surface area contributed by atoms with Crippen LogP contribution in [-0.4, -0.2) is 46.0 Å². The molecule has 3 N–H and O–H groups in total. The second kappa shape index (κ2) is 6.10. The highest BCUT2D eigenvalue weighted by Gasteiger charge is 2.30. The summed E-state index contributed by atoms with van der Waals surface area (Å²) < 4.78 is 10.5. The molecule has 1 aromatic heterocycles. The Balaban J connectivity index is 1.71. The van der Waals surface area contributed by atoms with Gasteiger partial charge in [0.15, 0.2) is 17.1 Å². The molecule has 0 spiro atoms. The summed E-state index contributed by atoms with van der Waals surface area (Å²) in [7, 11) is 0. The van der Waals surface area contributed by atoms with E-state index in [1.165, 1.54) is 11.3 Å². The van der Waals surface area contributed by atoms with Crippen LogP contribution in [0.5, 0.6) is 11.5 Å². The first-order valence-electron chi connectivity index (χ1n) is 6.96. The first-order chi connectivity index (χ1) is 11.4. The van der Waals surface area contributed by atoms with Crippen molar-refractivity contribution in [3.05, 3.63) is 29.3 Å². The van der Waals surface area contributed by atoms with E-state index in [1.807, 2.05) is 6.07 Å². The Morgan fingerprint density at radius 3 is 2.88 bits per heavy atom. The standard InChI is InChI=1S/C15H14N2O6S/c1-15(21,14(19)20)6-16-12(18)9-5-24-13(17-9)8-2-3-10-11(4-8)23-7-22-10/h2-5,21H,6-7H2,1H3,(H,16,18)(H,19,20). The number of aromatic nitrogens is 1. The van der Waals surface area contributed by atoms with Gasteiger partial charge in [-0.05, 0) is 25.1 Å². The number of nitrogens with one attached hydrogen (secondary N) is 1. The monoisotopic (exact) mass is 350 g/mol. The molecule has 9 heteroatoms. The molecule has 0 radical (unpaired) electrons. The predicted octanol–water partition coefficient (Wildman–Crippen LogP) is 1.10. The number of rotatable bonds is 5. The Labute approximate surface area is 140 Å². The molecule has 1 aliphatic rings. The van der Waals surface area contributed by atoms with Crippen LogP contribution in [-0.2, 0) is 4.79 Å². The van der Waals surface area contributed by atoms with Gasteiger partial charge in [0, 0.05) is 10.9 Å². The van der Waals surface area contributed by atoms with E-state index in [9.17, 15) is 14.7 Å². The number of benzene rings is 1. The van der Waals surface area contributed by atoms with Crippen molar-refractivity contribution in [2.24, 2.45) is 0 Å². The lowest BCUT2D eigenvalue weighted by molar-refractivity contribution is -0.155. The highest BCUT2D eigenvalue weighted by Crippen LogP contribution is 2.36. The molecule has 1 aliphatic heterocycles. The van der Waals surface area contributed by atoms with Crippen LogP contribution in [0.15, 0.2) is 23.6 Å². The number of aliphatic carboxylic acids is 1. The highest BCUT2D eigenvalue weighted by atomic mass is 32.1. The van der Waals surface area contributed by atoms with Gasteiger partial charge in [0.05, 0.1) is 6.54 Å². The number of ether oxygens (including phenoxy) is 2. The van der Waals surface area contributed by atoms with Gasteiger partial charge in [0.25, 0.3) is 5.91 Å². The Morgan fingerprint density at radius 2 is 2.12 bits per heavy atom. The molecule has 1 atom stereocenters. The quantitative estimate of drug-likeness (QED) is 0.739. The van der Waals surface area contributed by atoms with Crippen molar-refractivity contribution in [2.75, 3.05) is 13.3 Å². The molecule has 2 heterocycles. The van der Waals surface area contributed by atoms with Crippen LogP contribution in [0.4, 0.5) is 0 Å². The number of aliphatic hydroxyl groups is 1. The van der Waals surface area contributed by atoms with Crippen molar-refractivity contribution in [3.8, 4) is 22.1 Å². The first kappa shape index (κ1) is 16.2. The van der Waals surface area contributed by atoms with Gasteiger partial charge >= 0.3 is 5.97 Å². The average Bonchev–Trinajstić information content (AvgIpc) is 3.20. The van der Waals surface area contributed by atoms with E-state index in [2.05, 4.69) is 10.3 Å². The van der Waals surface area contributed by atoms with E-state index in [-0.39, 0.29) is 12.5 Å². The van der Waals surface area contributed by atoms with Crippen molar-refractivity contribution in [3.63, 3.8) is 0 Å². The van der Waals surface area contributed by atoms with Crippen LogP contribution in [0, 0.1) is 0 Å². The van der Waals surface area contributed by atoms with E-state index in [0.717, 1.165) is 12.5 Å². The Morgan fingerprint density at radius 1 is 1.38 bits per heavy atom. The fourth-order valence-corrected chi connectivity index (χ4v) is 2.76. The van der Waals surface area contributed by atoms with E-state index in [4.69, 9.17) is 14.6 Å². The second-order valence-corrected chi connectivity index (χ2v) is 6.23. The number of hydrogen-bond acceptors (Lipinski definition) is 7. The predicted molar refractivity (Wildman–Crippen MR) is 84.3 cm³/mol. The normalized spacial score (nSPS) is 14.9. The molecule has 0 fully saturated rings.